The number of hydrogen-bond acceptors (Lipinski definition) is 5. The molecule has 3 aromatic heterocycles. The highest BCUT2D eigenvalue weighted by Crippen LogP contribution is 2.15. The molecule has 3 aromatic rings. The van der Waals surface area contributed by atoms with Crippen molar-refractivity contribution >= 4 is 32.9 Å². The first-order valence-electron chi connectivity index (χ1n) is 5.57. The quantitative estimate of drug-likeness (QED) is 0.739. The third kappa shape index (κ3) is 1.97. The Balaban J connectivity index is 1.89. The molecule has 0 aliphatic heterocycles. The lowest BCUT2D eigenvalue weighted by Gasteiger charge is -2.04. The smallest absolute Gasteiger partial charge is 0.271 e. The lowest BCUT2D eigenvalue weighted by molar-refractivity contribution is 0.666. The number of nitrogens with zero attached hydrogens (tertiary/aromatic N) is 3. The average Bonchev–Trinajstić information content (AvgIpc) is 2.98. The molecule has 3 rings (SSSR count). The Kier molecular flexibility index (Phi) is 2.97. The molecule has 6 heteroatoms. The summed E-state index contributed by atoms with van der Waals surface area (Å²) in [5.74, 6) is 0. The number of thiazole rings is 1. The highest BCUT2D eigenvalue weighted by molar-refractivity contribution is 7.17. The summed E-state index contributed by atoms with van der Waals surface area (Å²) in [5.41, 5.74) is 3.74. The molecule has 0 spiro atoms. The molecule has 0 fully saturated rings. The summed E-state index contributed by atoms with van der Waals surface area (Å²) in [7, 11) is 0. The Bertz CT molecular complexity index is 741. The molecular weight excluding hydrogens is 266 g/mol. The van der Waals surface area contributed by atoms with Crippen molar-refractivity contribution in [2.45, 2.75) is 19.9 Å². The van der Waals surface area contributed by atoms with Crippen molar-refractivity contribution in [3.63, 3.8) is 0 Å². The van der Waals surface area contributed by atoms with Crippen LogP contribution < -0.4 is 5.56 Å². The normalized spacial score (nSPS) is 11.2. The summed E-state index contributed by atoms with van der Waals surface area (Å²) in [4.78, 5) is 21.9. The Morgan fingerprint density at radius 1 is 1.33 bits per heavy atom. The molecule has 0 N–H and O–H groups in total. The van der Waals surface area contributed by atoms with Crippen LogP contribution in [0.4, 0.5) is 0 Å². The van der Waals surface area contributed by atoms with Gasteiger partial charge in [0.25, 0.3) is 5.56 Å². The van der Waals surface area contributed by atoms with Crippen LogP contribution >= 0.6 is 22.7 Å². The third-order valence-corrected chi connectivity index (χ3v) is 4.75. The number of fused-ring (bicyclic) bond motifs is 1. The maximum atomic E-state index is 12.2. The van der Waals surface area contributed by atoms with Crippen molar-refractivity contribution in [3.05, 3.63) is 44.2 Å². The molecule has 18 heavy (non-hydrogen) atoms. The van der Waals surface area contributed by atoms with E-state index in [-0.39, 0.29) is 5.56 Å². The molecule has 0 aliphatic rings. The van der Waals surface area contributed by atoms with E-state index in [9.17, 15) is 4.79 Å². The molecule has 0 saturated heterocycles. The van der Waals surface area contributed by atoms with Gasteiger partial charge in [0.1, 0.15) is 4.70 Å². The summed E-state index contributed by atoms with van der Waals surface area (Å²) in [6.07, 6.45) is 2.46. The van der Waals surface area contributed by atoms with E-state index in [1.54, 1.807) is 22.2 Å². The van der Waals surface area contributed by atoms with Gasteiger partial charge >= 0.3 is 0 Å². The van der Waals surface area contributed by atoms with Gasteiger partial charge in [-0.3, -0.25) is 9.36 Å². The summed E-state index contributed by atoms with van der Waals surface area (Å²) >= 11 is 3.08. The second kappa shape index (κ2) is 4.62. The molecule has 0 aliphatic carbocycles. The van der Waals surface area contributed by atoms with Crippen LogP contribution in [0.5, 0.6) is 0 Å². The molecule has 0 bridgehead atoms. The zero-order valence-electron chi connectivity index (χ0n) is 9.79. The standard InChI is InChI=1S/C12H11N3OS2/c1-8-10(18-7-14-8)2-4-15-6-13-9-3-5-17-11(9)12(15)16/h3,5-7H,2,4H2,1H3. The minimum atomic E-state index is 0.0529. The largest absolute Gasteiger partial charge is 0.298 e. The Morgan fingerprint density at radius 3 is 3.00 bits per heavy atom. The van der Waals surface area contributed by atoms with Crippen LogP contribution in [-0.2, 0) is 13.0 Å². The van der Waals surface area contributed by atoms with Gasteiger partial charge in [-0.05, 0) is 18.4 Å². The van der Waals surface area contributed by atoms with Gasteiger partial charge < -0.3 is 0 Å². The fourth-order valence-corrected chi connectivity index (χ4v) is 3.39. The zero-order valence-corrected chi connectivity index (χ0v) is 11.4. The predicted octanol–water partition coefficient (Wildman–Crippen LogP) is 2.47. The van der Waals surface area contributed by atoms with E-state index in [4.69, 9.17) is 0 Å². The molecule has 0 radical (unpaired) electrons. The van der Waals surface area contributed by atoms with Gasteiger partial charge in [-0.25, -0.2) is 9.97 Å². The summed E-state index contributed by atoms with van der Waals surface area (Å²) in [6.45, 7) is 2.65. The summed E-state index contributed by atoms with van der Waals surface area (Å²) < 4.78 is 2.41. The van der Waals surface area contributed by atoms with Crippen molar-refractivity contribution in [1.82, 2.24) is 14.5 Å². The van der Waals surface area contributed by atoms with Crippen molar-refractivity contribution in [2.24, 2.45) is 0 Å². The van der Waals surface area contributed by atoms with Crippen LogP contribution in [0.25, 0.3) is 10.2 Å². The topological polar surface area (TPSA) is 47.8 Å². The molecule has 92 valence electrons. The van der Waals surface area contributed by atoms with Crippen molar-refractivity contribution < 1.29 is 0 Å². The minimum absolute atomic E-state index is 0.0529. The maximum absolute atomic E-state index is 12.2. The zero-order chi connectivity index (χ0) is 12.5. The minimum Gasteiger partial charge on any atom is -0.298 e. The molecular formula is C12H11N3OS2. The lowest BCUT2D eigenvalue weighted by atomic mass is 10.3. The van der Waals surface area contributed by atoms with Crippen molar-refractivity contribution in [1.29, 1.82) is 0 Å². The van der Waals surface area contributed by atoms with Gasteiger partial charge in [-0.1, -0.05) is 0 Å². The van der Waals surface area contributed by atoms with Crippen LogP contribution in [-0.4, -0.2) is 14.5 Å². The van der Waals surface area contributed by atoms with Crippen LogP contribution in [0.3, 0.4) is 0 Å². The monoisotopic (exact) mass is 277 g/mol. The number of hydrogen-bond donors (Lipinski definition) is 0. The van der Waals surface area contributed by atoms with Gasteiger partial charge in [0.05, 0.1) is 23.0 Å². The van der Waals surface area contributed by atoms with E-state index in [2.05, 4.69) is 9.97 Å². The Hall–Kier alpha value is -1.53. The molecule has 0 unspecified atom stereocenters. The first kappa shape index (κ1) is 11.6. The van der Waals surface area contributed by atoms with E-state index in [0.29, 0.717) is 6.54 Å². The van der Waals surface area contributed by atoms with E-state index in [0.717, 1.165) is 22.3 Å². The van der Waals surface area contributed by atoms with Gasteiger partial charge in [-0.15, -0.1) is 22.7 Å². The number of aromatic nitrogens is 3. The van der Waals surface area contributed by atoms with Crippen molar-refractivity contribution in [2.75, 3.05) is 0 Å². The van der Waals surface area contributed by atoms with Gasteiger partial charge in [0.15, 0.2) is 0 Å². The van der Waals surface area contributed by atoms with Gasteiger partial charge in [-0.2, -0.15) is 0 Å². The van der Waals surface area contributed by atoms with E-state index >= 15 is 0 Å². The maximum Gasteiger partial charge on any atom is 0.271 e. The molecule has 0 atom stereocenters. The lowest BCUT2D eigenvalue weighted by Crippen LogP contribution is -2.20. The van der Waals surface area contributed by atoms with E-state index < -0.39 is 0 Å². The predicted molar refractivity (Wildman–Crippen MR) is 74.4 cm³/mol. The fourth-order valence-electron chi connectivity index (χ4n) is 1.83. The first-order valence-corrected chi connectivity index (χ1v) is 7.33. The molecule has 0 amide bonds. The number of rotatable bonds is 3. The van der Waals surface area contributed by atoms with E-state index in [1.165, 1.54) is 16.2 Å². The highest BCUT2D eigenvalue weighted by Gasteiger charge is 2.06. The Labute approximate surface area is 112 Å². The third-order valence-electron chi connectivity index (χ3n) is 2.86. The van der Waals surface area contributed by atoms with Crippen LogP contribution in [0.1, 0.15) is 10.6 Å². The van der Waals surface area contributed by atoms with Crippen LogP contribution in [0.2, 0.25) is 0 Å². The van der Waals surface area contributed by atoms with Crippen molar-refractivity contribution in [3.8, 4) is 0 Å². The van der Waals surface area contributed by atoms with Crippen LogP contribution in [0.15, 0.2) is 28.1 Å². The van der Waals surface area contributed by atoms with Gasteiger partial charge in [0.2, 0.25) is 0 Å². The summed E-state index contributed by atoms with van der Waals surface area (Å²) in [5, 5.41) is 1.90. The first-order chi connectivity index (χ1) is 8.75. The van der Waals surface area contributed by atoms with Crippen LogP contribution in [0, 0.1) is 6.92 Å². The second-order valence-corrected chi connectivity index (χ2v) is 5.84. The van der Waals surface area contributed by atoms with Gasteiger partial charge in [0, 0.05) is 17.8 Å². The molecule has 0 saturated carbocycles. The Morgan fingerprint density at radius 2 is 2.22 bits per heavy atom. The molecule has 0 aromatic carbocycles. The molecule has 3 heterocycles. The SMILES string of the molecule is Cc1ncsc1CCn1cnc2ccsc2c1=O. The molecule has 4 nitrogen and oxygen atoms in total. The second-order valence-electron chi connectivity index (χ2n) is 3.99. The number of aryl methyl sites for hydroxylation is 3. The fraction of sp³-hybridized carbons (Fsp3) is 0.250. The average molecular weight is 277 g/mol. The highest BCUT2D eigenvalue weighted by atomic mass is 32.1. The number of thiophene rings is 1. The summed E-state index contributed by atoms with van der Waals surface area (Å²) in [6, 6.07) is 1.87. The van der Waals surface area contributed by atoms with E-state index in [1.807, 2.05) is 23.9 Å².